The molecule has 0 aliphatic heterocycles. The van der Waals surface area contributed by atoms with E-state index in [1.165, 1.54) is 17.0 Å². The highest BCUT2D eigenvalue weighted by Gasteiger charge is 2.13. The Morgan fingerprint density at radius 2 is 1.96 bits per heavy atom. The normalized spacial score (nSPS) is 10.9. The van der Waals surface area contributed by atoms with Gasteiger partial charge in [-0.15, -0.1) is 0 Å². The van der Waals surface area contributed by atoms with Crippen molar-refractivity contribution in [2.75, 3.05) is 11.9 Å². The number of hydrogen-bond donors (Lipinski definition) is 0. The number of rotatable bonds is 3. The summed E-state index contributed by atoms with van der Waals surface area (Å²) in [6.45, 7) is 5.55. The van der Waals surface area contributed by atoms with Crippen LogP contribution < -0.4 is 10.5 Å². The Morgan fingerprint density at radius 1 is 1.14 bits per heavy atom. The van der Waals surface area contributed by atoms with Gasteiger partial charge in [0.25, 0.3) is 5.56 Å². The first-order valence-corrected chi connectivity index (χ1v) is 8.91. The number of pyridine rings is 2. The van der Waals surface area contributed by atoms with E-state index in [0.717, 1.165) is 27.4 Å². The summed E-state index contributed by atoms with van der Waals surface area (Å²) in [7, 11) is 1.68. The minimum absolute atomic E-state index is 0.142. The Hall–Kier alpha value is -3.73. The first-order chi connectivity index (χ1) is 13.5. The third-order valence-corrected chi connectivity index (χ3v) is 4.85. The van der Waals surface area contributed by atoms with Gasteiger partial charge in [-0.3, -0.25) is 19.1 Å². The highest BCUT2D eigenvalue weighted by atomic mass is 16.2. The largest absolute Gasteiger partial charge is 0.312 e. The van der Waals surface area contributed by atoms with Crippen molar-refractivity contribution < 1.29 is 4.79 Å². The summed E-state index contributed by atoms with van der Waals surface area (Å²) < 4.78 is 1.68. The van der Waals surface area contributed by atoms with Crippen LogP contribution in [0.3, 0.4) is 0 Å². The molecule has 0 bridgehead atoms. The number of likely N-dealkylation sites (N-methyl/N-ethyl adjacent to an activating group) is 1. The molecule has 4 rings (SSSR count). The molecule has 1 amide bonds. The van der Waals surface area contributed by atoms with Crippen LogP contribution in [0, 0.1) is 6.92 Å². The van der Waals surface area contributed by atoms with Crippen molar-refractivity contribution in [2.45, 2.75) is 6.92 Å². The summed E-state index contributed by atoms with van der Waals surface area (Å²) in [4.78, 5) is 30.9. The van der Waals surface area contributed by atoms with Gasteiger partial charge in [0.1, 0.15) is 0 Å². The van der Waals surface area contributed by atoms with E-state index >= 15 is 0 Å². The van der Waals surface area contributed by atoms with Crippen molar-refractivity contribution >= 4 is 33.4 Å². The highest BCUT2D eigenvalue weighted by molar-refractivity contribution is 6.04. The van der Waals surface area contributed by atoms with Gasteiger partial charge < -0.3 is 4.90 Å². The number of fused-ring (bicyclic) bond motifs is 3. The molecular weight excluding hydrogens is 350 g/mol. The summed E-state index contributed by atoms with van der Waals surface area (Å²) in [5.74, 6) is -0.215. The van der Waals surface area contributed by atoms with Crippen LogP contribution in [0.1, 0.15) is 5.56 Å². The van der Waals surface area contributed by atoms with E-state index in [0.29, 0.717) is 11.4 Å². The second-order valence-electron chi connectivity index (χ2n) is 6.71. The molecule has 28 heavy (non-hydrogen) atoms. The third kappa shape index (κ3) is 2.87. The molecule has 0 spiro atoms. The lowest BCUT2D eigenvalue weighted by atomic mass is 10.1. The number of hydrogen-bond acceptors (Lipinski definition) is 3. The van der Waals surface area contributed by atoms with Crippen molar-refractivity contribution in [1.29, 1.82) is 0 Å². The summed E-state index contributed by atoms with van der Waals surface area (Å²) in [5.41, 5.74) is 3.95. The van der Waals surface area contributed by atoms with E-state index in [2.05, 4.69) is 11.6 Å². The van der Waals surface area contributed by atoms with Crippen LogP contribution in [-0.2, 0) is 4.79 Å². The first-order valence-electron chi connectivity index (χ1n) is 8.91. The first kappa shape index (κ1) is 17.7. The van der Waals surface area contributed by atoms with Crippen molar-refractivity contribution in [3.05, 3.63) is 89.4 Å². The SMILES string of the molecule is C=CC(=O)N(C)c1cccc(-n2c(=O)ccc3cnc4ccc(C)cc4c32)c1. The van der Waals surface area contributed by atoms with Gasteiger partial charge in [-0.25, -0.2) is 0 Å². The highest BCUT2D eigenvalue weighted by Crippen LogP contribution is 2.27. The molecule has 0 radical (unpaired) electrons. The number of amides is 1. The van der Waals surface area contributed by atoms with Crippen LogP contribution in [0.5, 0.6) is 0 Å². The molecule has 2 heterocycles. The lowest BCUT2D eigenvalue weighted by molar-refractivity contribution is -0.113. The molecule has 2 aromatic carbocycles. The van der Waals surface area contributed by atoms with Crippen LogP contribution in [0.2, 0.25) is 0 Å². The number of aryl methyl sites for hydroxylation is 1. The molecule has 0 saturated heterocycles. The van der Waals surface area contributed by atoms with Gasteiger partial charge in [0, 0.05) is 35.8 Å². The molecule has 5 nitrogen and oxygen atoms in total. The van der Waals surface area contributed by atoms with Gasteiger partial charge in [0.2, 0.25) is 5.91 Å². The zero-order chi connectivity index (χ0) is 19.8. The van der Waals surface area contributed by atoms with Gasteiger partial charge in [0.05, 0.1) is 16.7 Å². The monoisotopic (exact) mass is 369 g/mol. The summed E-state index contributed by atoms with van der Waals surface area (Å²) >= 11 is 0. The van der Waals surface area contributed by atoms with Crippen LogP contribution in [0.25, 0.3) is 27.5 Å². The summed E-state index contributed by atoms with van der Waals surface area (Å²) in [6, 6.07) is 16.7. The van der Waals surface area contributed by atoms with Crippen molar-refractivity contribution in [1.82, 2.24) is 9.55 Å². The van der Waals surface area contributed by atoms with Gasteiger partial charge in [-0.2, -0.15) is 0 Å². The van der Waals surface area contributed by atoms with Crippen LogP contribution >= 0.6 is 0 Å². The molecule has 0 fully saturated rings. The number of carbonyl (C=O) groups is 1. The second kappa shape index (κ2) is 6.78. The number of aromatic nitrogens is 2. The molecule has 0 saturated carbocycles. The number of nitrogens with zero attached hydrogens (tertiary/aromatic N) is 3. The third-order valence-electron chi connectivity index (χ3n) is 4.85. The fourth-order valence-corrected chi connectivity index (χ4v) is 3.39. The number of anilines is 1. The van der Waals surface area contributed by atoms with Crippen molar-refractivity contribution in [3.63, 3.8) is 0 Å². The topological polar surface area (TPSA) is 55.2 Å². The van der Waals surface area contributed by atoms with Crippen LogP contribution in [0.15, 0.2) is 78.2 Å². The molecule has 138 valence electrons. The van der Waals surface area contributed by atoms with E-state index in [4.69, 9.17) is 0 Å². The maximum absolute atomic E-state index is 12.9. The molecule has 0 unspecified atom stereocenters. The van der Waals surface area contributed by atoms with Gasteiger partial charge in [-0.05, 0) is 49.4 Å². The van der Waals surface area contributed by atoms with Gasteiger partial charge in [0.15, 0.2) is 0 Å². The predicted octanol–water partition coefficient (Wildman–Crippen LogP) is 4.00. The molecule has 2 aromatic heterocycles. The predicted molar refractivity (Wildman–Crippen MR) is 113 cm³/mol. The fraction of sp³-hybridized carbons (Fsp3) is 0.0870. The fourth-order valence-electron chi connectivity index (χ4n) is 3.39. The van der Waals surface area contributed by atoms with E-state index in [1.807, 2.05) is 49.4 Å². The Morgan fingerprint density at radius 3 is 2.75 bits per heavy atom. The van der Waals surface area contributed by atoms with E-state index < -0.39 is 0 Å². The van der Waals surface area contributed by atoms with Crippen molar-refractivity contribution in [2.24, 2.45) is 0 Å². The molecule has 5 heteroatoms. The van der Waals surface area contributed by atoms with E-state index in [-0.39, 0.29) is 11.5 Å². The average molecular weight is 369 g/mol. The Kier molecular flexibility index (Phi) is 4.28. The molecule has 0 aliphatic rings. The van der Waals surface area contributed by atoms with Gasteiger partial charge in [-0.1, -0.05) is 24.3 Å². The molecule has 0 atom stereocenters. The lowest BCUT2D eigenvalue weighted by Crippen LogP contribution is -2.24. The molecule has 4 aromatic rings. The maximum Gasteiger partial charge on any atom is 0.255 e. The second-order valence-corrected chi connectivity index (χ2v) is 6.71. The zero-order valence-electron chi connectivity index (χ0n) is 15.7. The summed E-state index contributed by atoms with van der Waals surface area (Å²) in [6.07, 6.45) is 3.04. The standard InChI is InChI=1S/C23H19N3O2/c1-4-21(27)25(3)17-6-5-7-18(13-17)26-22(28)11-9-16-14-24-20-10-8-15(2)12-19(20)23(16)26/h4-14H,1H2,2-3H3. The molecule has 0 aliphatic carbocycles. The Bertz CT molecular complexity index is 1300. The molecule has 0 N–H and O–H groups in total. The van der Waals surface area contributed by atoms with Gasteiger partial charge >= 0.3 is 0 Å². The smallest absolute Gasteiger partial charge is 0.255 e. The molecular formula is C23H19N3O2. The zero-order valence-corrected chi connectivity index (χ0v) is 15.7. The average Bonchev–Trinajstić information content (AvgIpc) is 2.72. The number of benzene rings is 2. The minimum atomic E-state index is -0.215. The maximum atomic E-state index is 12.9. The minimum Gasteiger partial charge on any atom is -0.312 e. The van der Waals surface area contributed by atoms with E-state index in [1.54, 1.807) is 23.9 Å². The quantitative estimate of drug-likeness (QED) is 0.405. The van der Waals surface area contributed by atoms with Crippen LogP contribution in [0.4, 0.5) is 5.69 Å². The summed E-state index contributed by atoms with van der Waals surface area (Å²) in [5, 5.41) is 1.79. The van der Waals surface area contributed by atoms with Crippen LogP contribution in [-0.4, -0.2) is 22.5 Å². The van der Waals surface area contributed by atoms with E-state index in [9.17, 15) is 9.59 Å². The number of carbonyl (C=O) groups excluding carboxylic acids is 1. The lowest BCUT2D eigenvalue weighted by Gasteiger charge is -2.18. The van der Waals surface area contributed by atoms with Crippen molar-refractivity contribution in [3.8, 4) is 5.69 Å². The Balaban J connectivity index is 2.05. The Labute approximate surface area is 162 Å².